The Morgan fingerprint density at radius 1 is 1.13 bits per heavy atom. The number of methoxy groups -OCH3 is 1. The molecule has 0 amide bonds. The third-order valence-electron chi connectivity index (χ3n) is 4.78. The number of halogens is 1. The van der Waals surface area contributed by atoms with Gasteiger partial charge in [-0.2, -0.15) is 4.68 Å². The molecule has 1 unspecified atom stereocenters. The number of esters is 1. The molecule has 3 aromatic rings. The first-order valence-electron chi connectivity index (χ1n) is 9.12. The molecule has 0 spiro atoms. The lowest BCUT2D eigenvalue weighted by molar-refractivity contribution is -0.140. The number of hydrogen-bond acceptors (Lipinski definition) is 5. The summed E-state index contributed by atoms with van der Waals surface area (Å²) in [5.74, 6) is 0.260. The van der Waals surface area contributed by atoms with Gasteiger partial charge in [-0.05, 0) is 54.8 Å². The fourth-order valence-corrected chi connectivity index (χ4v) is 3.12. The number of nitrogens with zero attached hydrogens (tertiary/aromatic N) is 3. The fraction of sp³-hybridized carbons (Fsp3) is 0.238. The van der Waals surface area contributed by atoms with Gasteiger partial charge >= 0.3 is 11.7 Å². The Hall–Kier alpha value is -3.39. The van der Waals surface area contributed by atoms with Crippen molar-refractivity contribution in [3.63, 3.8) is 0 Å². The number of nitrogens with one attached hydrogen (secondary N) is 1. The zero-order chi connectivity index (χ0) is 21.1. The first-order chi connectivity index (χ1) is 13.8. The minimum atomic E-state index is -0.298. The van der Waals surface area contributed by atoms with Crippen LogP contribution in [0.3, 0.4) is 0 Å². The number of hydrogen-bond donors (Lipinski definition) is 2. The summed E-state index contributed by atoms with van der Waals surface area (Å²) in [6, 6.07) is 14.2. The summed E-state index contributed by atoms with van der Waals surface area (Å²) in [6.07, 6.45) is 0.295. The van der Waals surface area contributed by atoms with Crippen LogP contribution in [0, 0.1) is 12.3 Å². The molecule has 8 nitrogen and oxygen atoms in total. The van der Waals surface area contributed by atoms with Gasteiger partial charge in [0.25, 0.3) is 0 Å². The summed E-state index contributed by atoms with van der Waals surface area (Å²) >= 11 is 0. The van der Waals surface area contributed by atoms with Gasteiger partial charge in [-0.3, -0.25) is 10.2 Å². The van der Waals surface area contributed by atoms with Gasteiger partial charge in [0.05, 0.1) is 24.9 Å². The normalized spacial score (nSPS) is 11.4. The number of aryl methyl sites for hydroxylation is 1. The van der Waals surface area contributed by atoms with Crippen molar-refractivity contribution >= 4 is 24.2 Å². The van der Waals surface area contributed by atoms with E-state index in [0.717, 1.165) is 5.56 Å². The smallest absolute Gasteiger partial charge is 0.355 e. The molecule has 0 aliphatic heterocycles. The van der Waals surface area contributed by atoms with E-state index in [0.29, 0.717) is 29.2 Å². The molecule has 2 aromatic carbocycles. The van der Waals surface area contributed by atoms with E-state index in [9.17, 15) is 9.59 Å². The Bertz CT molecular complexity index is 1100. The Morgan fingerprint density at radius 2 is 1.70 bits per heavy atom. The molecule has 1 heterocycles. The molecule has 0 saturated heterocycles. The second-order valence-electron chi connectivity index (χ2n) is 6.81. The number of ether oxygens (including phenoxy) is 1. The lowest BCUT2D eigenvalue weighted by Gasteiger charge is -2.11. The monoisotopic (exact) mass is 429 g/mol. The van der Waals surface area contributed by atoms with E-state index < -0.39 is 0 Å². The summed E-state index contributed by atoms with van der Waals surface area (Å²) in [5, 5.41) is 11.8. The van der Waals surface area contributed by atoms with Crippen LogP contribution >= 0.6 is 12.4 Å². The summed E-state index contributed by atoms with van der Waals surface area (Å²) in [6.45, 7) is 3.71. The van der Waals surface area contributed by atoms with Gasteiger partial charge < -0.3 is 10.5 Å². The van der Waals surface area contributed by atoms with E-state index in [-0.39, 0.29) is 35.8 Å². The molecule has 9 heteroatoms. The highest BCUT2D eigenvalue weighted by Crippen LogP contribution is 2.21. The first-order valence-corrected chi connectivity index (χ1v) is 9.12. The van der Waals surface area contributed by atoms with Crippen molar-refractivity contribution in [1.29, 1.82) is 5.41 Å². The molecule has 0 radical (unpaired) electrons. The SMILES string of the molecule is COC(=O)CC(C)c1ccc(-n2c(C)nn(-c3ccc(C(=N)N)cc3)c2=O)cc1.Cl. The minimum absolute atomic E-state index is 0. The van der Waals surface area contributed by atoms with E-state index in [1.54, 1.807) is 31.2 Å². The molecule has 1 aromatic heterocycles. The van der Waals surface area contributed by atoms with Crippen LogP contribution in [0.2, 0.25) is 0 Å². The van der Waals surface area contributed by atoms with Gasteiger partial charge in [-0.15, -0.1) is 17.5 Å². The predicted octanol–water partition coefficient (Wildman–Crippen LogP) is 2.70. The largest absolute Gasteiger partial charge is 0.469 e. The van der Waals surface area contributed by atoms with Crippen molar-refractivity contribution in [3.05, 3.63) is 76.0 Å². The van der Waals surface area contributed by atoms with Gasteiger partial charge in [0.1, 0.15) is 11.7 Å². The summed E-state index contributed by atoms with van der Waals surface area (Å²) in [7, 11) is 1.37. The first kappa shape index (κ1) is 22.9. The zero-order valence-electron chi connectivity index (χ0n) is 17.0. The van der Waals surface area contributed by atoms with E-state index in [2.05, 4.69) is 5.10 Å². The number of amidine groups is 1. The molecule has 0 aliphatic rings. The maximum absolute atomic E-state index is 12.9. The topological polar surface area (TPSA) is 116 Å². The standard InChI is InChI=1S/C21H23N5O3.ClH/c1-13(12-19(27)29-3)15-4-8-17(9-5-15)25-14(2)24-26(21(25)28)18-10-6-16(7-11-18)20(22)23;/h4-11,13H,12H2,1-3H3,(H3,22,23);1H. The number of rotatable bonds is 6. The summed E-state index contributed by atoms with van der Waals surface area (Å²) in [5.41, 5.74) is 8.01. The molecule has 0 aliphatic carbocycles. The van der Waals surface area contributed by atoms with Crippen LogP contribution in [-0.2, 0) is 9.53 Å². The van der Waals surface area contributed by atoms with Crippen LogP contribution in [0.5, 0.6) is 0 Å². The van der Waals surface area contributed by atoms with Gasteiger partial charge in [0, 0.05) is 5.56 Å². The lowest BCUT2D eigenvalue weighted by atomic mass is 9.98. The Kier molecular flexibility index (Phi) is 7.18. The Balaban J connectivity index is 0.00000320. The highest BCUT2D eigenvalue weighted by atomic mass is 35.5. The quantitative estimate of drug-likeness (QED) is 0.355. The molecule has 30 heavy (non-hydrogen) atoms. The van der Waals surface area contributed by atoms with Crippen LogP contribution in [0.4, 0.5) is 0 Å². The van der Waals surface area contributed by atoms with Crippen LogP contribution in [-0.4, -0.2) is 33.3 Å². The summed E-state index contributed by atoms with van der Waals surface area (Å²) < 4.78 is 7.55. The lowest BCUT2D eigenvalue weighted by Crippen LogP contribution is -2.23. The van der Waals surface area contributed by atoms with Crippen LogP contribution in [0.15, 0.2) is 53.3 Å². The molecule has 3 rings (SSSR count). The average molecular weight is 430 g/mol. The zero-order valence-corrected chi connectivity index (χ0v) is 17.8. The van der Waals surface area contributed by atoms with Crippen molar-refractivity contribution in [1.82, 2.24) is 14.3 Å². The molecule has 3 N–H and O–H groups in total. The molecule has 1 atom stereocenters. The van der Waals surface area contributed by atoms with Crippen LogP contribution < -0.4 is 11.4 Å². The Labute approximate surface area is 180 Å². The highest BCUT2D eigenvalue weighted by Gasteiger charge is 2.15. The minimum Gasteiger partial charge on any atom is -0.469 e. The van der Waals surface area contributed by atoms with Crippen LogP contribution in [0.1, 0.15) is 36.2 Å². The fourth-order valence-electron chi connectivity index (χ4n) is 3.12. The van der Waals surface area contributed by atoms with Crippen molar-refractivity contribution < 1.29 is 9.53 Å². The second kappa shape index (κ2) is 9.41. The third-order valence-corrected chi connectivity index (χ3v) is 4.78. The molecule has 0 bridgehead atoms. The molecule has 0 saturated carbocycles. The number of aromatic nitrogens is 3. The van der Waals surface area contributed by atoms with Gasteiger partial charge in [-0.25, -0.2) is 9.36 Å². The molecular formula is C21H24ClN5O3. The van der Waals surface area contributed by atoms with Crippen molar-refractivity contribution in [2.45, 2.75) is 26.2 Å². The summed E-state index contributed by atoms with van der Waals surface area (Å²) in [4.78, 5) is 24.4. The Morgan fingerprint density at radius 3 is 2.23 bits per heavy atom. The van der Waals surface area contributed by atoms with Gasteiger partial charge in [-0.1, -0.05) is 19.1 Å². The molecular weight excluding hydrogens is 406 g/mol. The molecule has 158 valence electrons. The number of nitrogen functional groups attached to an aromatic ring is 1. The van der Waals surface area contributed by atoms with E-state index in [1.165, 1.54) is 16.4 Å². The predicted molar refractivity (Wildman–Crippen MR) is 117 cm³/mol. The third kappa shape index (κ3) is 4.60. The second-order valence-corrected chi connectivity index (χ2v) is 6.81. The highest BCUT2D eigenvalue weighted by molar-refractivity contribution is 5.95. The van der Waals surface area contributed by atoms with Gasteiger partial charge in [0.2, 0.25) is 0 Å². The van der Waals surface area contributed by atoms with E-state index in [4.69, 9.17) is 15.9 Å². The van der Waals surface area contributed by atoms with E-state index >= 15 is 0 Å². The number of carbonyl (C=O) groups is 1. The average Bonchev–Trinajstić information content (AvgIpc) is 3.02. The van der Waals surface area contributed by atoms with Crippen LogP contribution in [0.25, 0.3) is 11.4 Å². The van der Waals surface area contributed by atoms with Crippen molar-refractivity contribution in [2.75, 3.05) is 7.11 Å². The maximum atomic E-state index is 12.9. The number of nitrogens with two attached hydrogens (primary N) is 1. The molecule has 0 fully saturated rings. The van der Waals surface area contributed by atoms with E-state index in [1.807, 2.05) is 31.2 Å². The maximum Gasteiger partial charge on any atom is 0.355 e. The number of carbonyl (C=O) groups excluding carboxylic acids is 1. The van der Waals surface area contributed by atoms with Gasteiger partial charge in [0.15, 0.2) is 0 Å². The van der Waals surface area contributed by atoms with Crippen molar-refractivity contribution in [2.24, 2.45) is 5.73 Å². The number of benzene rings is 2. The van der Waals surface area contributed by atoms with Crippen molar-refractivity contribution in [3.8, 4) is 11.4 Å².